The van der Waals surface area contributed by atoms with Gasteiger partial charge in [-0.3, -0.25) is 0 Å². The maximum Gasteiger partial charge on any atom is 0.238 e. The number of nitrogens with one attached hydrogen (secondary N) is 2. The molecule has 0 radical (unpaired) electrons. The molecule has 0 aliphatic rings. The molecule has 8 nitrogen and oxygen atoms in total. The lowest BCUT2D eigenvalue weighted by Crippen LogP contribution is -2.37. The molecule has 0 heterocycles. The average molecular weight is 449 g/mol. The highest BCUT2D eigenvalue weighted by Crippen LogP contribution is 2.28. The van der Waals surface area contributed by atoms with Gasteiger partial charge < -0.3 is 20.1 Å². The van der Waals surface area contributed by atoms with Gasteiger partial charge in [0.05, 0.1) is 25.2 Å². The number of hydrogen-bond donors (Lipinski definition) is 3. The van der Waals surface area contributed by atoms with E-state index in [2.05, 4.69) is 15.6 Å². The third-order valence-electron chi connectivity index (χ3n) is 4.48. The number of hydrogen-bond acceptors (Lipinski definition) is 5. The molecule has 4 N–H and O–H groups in total. The van der Waals surface area contributed by atoms with Gasteiger partial charge >= 0.3 is 0 Å². The first kappa shape index (κ1) is 24.5. The van der Waals surface area contributed by atoms with Crippen LogP contribution in [0.3, 0.4) is 0 Å². The van der Waals surface area contributed by atoms with Crippen LogP contribution in [0.5, 0.6) is 11.5 Å². The molecule has 9 heteroatoms. The summed E-state index contributed by atoms with van der Waals surface area (Å²) >= 11 is 0. The molecular weight excluding hydrogens is 416 g/mol. The van der Waals surface area contributed by atoms with Crippen molar-refractivity contribution in [3.8, 4) is 11.5 Å². The molecule has 2 rings (SSSR count). The normalized spacial score (nSPS) is 11.8. The van der Waals surface area contributed by atoms with Gasteiger partial charge in [0.15, 0.2) is 17.5 Å². The van der Waals surface area contributed by atoms with Crippen LogP contribution in [0.25, 0.3) is 0 Å². The minimum atomic E-state index is -3.68. The van der Waals surface area contributed by atoms with E-state index in [1.54, 1.807) is 19.2 Å². The van der Waals surface area contributed by atoms with Crippen molar-refractivity contribution in [1.29, 1.82) is 0 Å². The van der Waals surface area contributed by atoms with E-state index in [9.17, 15) is 8.42 Å². The molecule has 2 aromatic rings. The van der Waals surface area contributed by atoms with E-state index in [-0.39, 0.29) is 4.90 Å². The van der Waals surface area contributed by atoms with Crippen molar-refractivity contribution in [2.24, 2.45) is 10.1 Å². The molecule has 0 aliphatic carbocycles. The number of rotatable bonds is 11. The number of aliphatic imine (C=N–C) groups is 1. The Bertz CT molecular complexity index is 960. The summed E-state index contributed by atoms with van der Waals surface area (Å²) in [5, 5.41) is 11.7. The van der Waals surface area contributed by atoms with Crippen molar-refractivity contribution in [1.82, 2.24) is 10.6 Å². The molecular formula is C22H32N4O4S. The SMILES string of the molecule is CCNC(=NCc1ccc(S(N)(=O)=O)cc1)NCCCc1ccc(OC)c(OCC)c1. The fourth-order valence-electron chi connectivity index (χ4n) is 2.94. The Balaban J connectivity index is 1.88. The van der Waals surface area contributed by atoms with Crippen molar-refractivity contribution in [2.75, 3.05) is 26.8 Å². The van der Waals surface area contributed by atoms with Gasteiger partial charge in [-0.05, 0) is 62.1 Å². The summed E-state index contributed by atoms with van der Waals surface area (Å²) in [4.78, 5) is 4.65. The topological polar surface area (TPSA) is 115 Å². The van der Waals surface area contributed by atoms with Crippen molar-refractivity contribution in [3.05, 3.63) is 53.6 Å². The van der Waals surface area contributed by atoms with E-state index in [4.69, 9.17) is 14.6 Å². The van der Waals surface area contributed by atoms with Crippen LogP contribution in [-0.4, -0.2) is 41.2 Å². The summed E-state index contributed by atoms with van der Waals surface area (Å²) < 4.78 is 33.7. The molecule has 0 spiro atoms. The number of aryl methyl sites for hydroxylation is 1. The van der Waals surface area contributed by atoms with Gasteiger partial charge in [0.1, 0.15) is 0 Å². The predicted molar refractivity (Wildman–Crippen MR) is 123 cm³/mol. The molecule has 0 aliphatic heterocycles. The summed E-state index contributed by atoms with van der Waals surface area (Å²) in [6, 6.07) is 12.4. The Labute approximate surface area is 184 Å². The maximum atomic E-state index is 11.3. The number of primary sulfonamides is 1. The van der Waals surface area contributed by atoms with Gasteiger partial charge in [-0.25, -0.2) is 18.5 Å². The Kier molecular flexibility index (Phi) is 9.61. The van der Waals surface area contributed by atoms with Gasteiger partial charge in [0.25, 0.3) is 0 Å². The molecule has 0 saturated carbocycles. The van der Waals surface area contributed by atoms with E-state index < -0.39 is 10.0 Å². The summed E-state index contributed by atoms with van der Waals surface area (Å²) in [7, 11) is -2.05. The lowest BCUT2D eigenvalue weighted by atomic mass is 10.1. The Morgan fingerprint density at radius 2 is 1.74 bits per heavy atom. The molecule has 0 atom stereocenters. The minimum absolute atomic E-state index is 0.0938. The second-order valence-corrected chi connectivity index (χ2v) is 8.39. The van der Waals surface area contributed by atoms with Crippen molar-refractivity contribution < 1.29 is 17.9 Å². The number of ether oxygens (including phenoxy) is 2. The molecule has 0 saturated heterocycles. The summed E-state index contributed by atoms with van der Waals surface area (Å²) in [5.74, 6) is 2.21. The van der Waals surface area contributed by atoms with Crippen molar-refractivity contribution >= 4 is 16.0 Å². The Morgan fingerprint density at radius 3 is 2.35 bits per heavy atom. The molecule has 2 aromatic carbocycles. The molecule has 0 fully saturated rings. The molecule has 0 amide bonds. The van der Waals surface area contributed by atoms with Gasteiger partial charge in [-0.1, -0.05) is 18.2 Å². The third-order valence-corrected chi connectivity index (χ3v) is 5.41. The Morgan fingerprint density at radius 1 is 1.03 bits per heavy atom. The lowest BCUT2D eigenvalue weighted by Gasteiger charge is -2.13. The van der Waals surface area contributed by atoms with Crippen molar-refractivity contribution in [2.45, 2.75) is 38.1 Å². The van der Waals surface area contributed by atoms with Crippen LogP contribution >= 0.6 is 0 Å². The Hall–Kier alpha value is -2.78. The standard InChI is InChI=1S/C22H32N4O4S/c1-4-24-22(26-16-18-8-11-19(12-9-18)31(23,27)28)25-14-6-7-17-10-13-20(29-3)21(15-17)30-5-2/h8-13,15H,4-7,14,16H2,1-3H3,(H2,23,27,28)(H2,24,25,26). The number of guanidine groups is 1. The summed E-state index contributed by atoms with van der Waals surface area (Å²) in [6.07, 6.45) is 1.82. The van der Waals surface area contributed by atoms with E-state index >= 15 is 0 Å². The summed E-state index contributed by atoms with van der Waals surface area (Å²) in [6.45, 7) is 6.47. The highest BCUT2D eigenvalue weighted by molar-refractivity contribution is 7.89. The van der Waals surface area contributed by atoms with Gasteiger partial charge in [0, 0.05) is 13.1 Å². The van der Waals surface area contributed by atoms with E-state index in [0.717, 1.165) is 43.0 Å². The van der Waals surface area contributed by atoms with Crippen LogP contribution < -0.4 is 25.2 Å². The fraction of sp³-hybridized carbons (Fsp3) is 0.409. The second-order valence-electron chi connectivity index (χ2n) is 6.83. The third kappa shape index (κ3) is 8.10. The van der Waals surface area contributed by atoms with Crippen LogP contribution in [-0.2, 0) is 23.0 Å². The highest BCUT2D eigenvalue weighted by atomic mass is 32.2. The number of nitrogens with two attached hydrogens (primary N) is 1. The first-order chi connectivity index (χ1) is 14.9. The average Bonchev–Trinajstić information content (AvgIpc) is 2.75. The molecule has 31 heavy (non-hydrogen) atoms. The molecule has 0 aromatic heterocycles. The molecule has 170 valence electrons. The monoisotopic (exact) mass is 448 g/mol. The van der Waals surface area contributed by atoms with Gasteiger partial charge in [-0.15, -0.1) is 0 Å². The van der Waals surface area contributed by atoms with Gasteiger partial charge in [0.2, 0.25) is 10.0 Å². The van der Waals surface area contributed by atoms with Crippen LogP contribution in [0.1, 0.15) is 31.4 Å². The number of methoxy groups -OCH3 is 1. The van der Waals surface area contributed by atoms with Crippen LogP contribution in [0.4, 0.5) is 0 Å². The highest BCUT2D eigenvalue weighted by Gasteiger charge is 2.07. The van der Waals surface area contributed by atoms with Crippen LogP contribution in [0.2, 0.25) is 0 Å². The lowest BCUT2D eigenvalue weighted by molar-refractivity contribution is 0.310. The fourth-order valence-corrected chi connectivity index (χ4v) is 3.46. The minimum Gasteiger partial charge on any atom is -0.493 e. The van der Waals surface area contributed by atoms with E-state index in [1.807, 2.05) is 32.0 Å². The number of sulfonamides is 1. The molecule has 0 unspecified atom stereocenters. The zero-order valence-electron chi connectivity index (χ0n) is 18.3. The molecule has 0 bridgehead atoms. The quantitative estimate of drug-likeness (QED) is 0.276. The first-order valence-corrected chi connectivity index (χ1v) is 11.9. The van der Waals surface area contributed by atoms with E-state index in [1.165, 1.54) is 17.7 Å². The smallest absolute Gasteiger partial charge is 0.238 e. The summed E-state index contributed by atoms with van der Waals surface area (Å²) in [5.41, 5.74) is 2.08. The maximum absolute atomic E-state index is 11.3. The van der Waals surface area contributed by atoms with Crippen LogP contribution in [0.15, 0.2) is 52.4 Å². The number of nitrogens with zero attached hydrogens (tertiary/aromatic N) is 1. The zero-order chi connectivity index (χ0) is 22.7. The van der Waals surface area contributed by atoms with E-state index in [0.29, 0.717) is 19.1 Å². The van der Waals surface area contributed by atoms with Crippen molar-refractivity contribution in [3.63, 3.8) is 0 Å². The zero-order valence-corrected chi connectivity index (χ0v) is 19.2. The second kappa shape index (κ2) is 12.2. The largest absolute Gasteiger partial charge is 0.493 e. The predicted octanol–water partition coefficient (Wildman–Crippen LogP) is 2.43. The first-order valence-electron chi connectivity index (χ1n) is 10.3. The number of benzene rings is 2. The van der Waals surface area contributed by atoms with Gasteiger partial charge in [-0.2, -0.15) is 0 Å². The van der Waals surface area contributed by atoms with Crippen LogP contribution in [0, 0.1) is 0 Å².